The highest BCUT2D eigenvalue weighted by Crippen LogP contribution is 2.36. The third-order valence-electron chi connectivity index (χ3n) is 6.86. The van der Waals surface area contributed by atoms with E-state index < -0.39 is 31.8 Å². The Balaban J connectivity index is 1.41. The molecule has 0 radical (unpaired) electrons. The van der Waals surface area contributed by atoms with Gasteiger partial charge in [-0.3, -0.25) is 24.2 Å². The van der Waals surface area contributed by atoms with E-state index in [-0.39, 0.29) is 38.9 Å². The second-order valence-electron chi connectivity index (χ2n) is 9.75. The number of aromatic nitrogens is 2. The first-order valence-corrected chi connectivity index (χ1v) is 14.9. The van der Waals surface area contributed by atoms with Gasteiger partial charge < -0.3 is 4.84 Å². The molecule has 13 nitrogen and oxygen atoms in total. The van der Waals surface area contributed by atoms with E-state index in [1.165, 1.54) is 47.0 Å². The lowest BCUT2D eigenvalue weighted by Gasteiger charge is -2.22. The fourth-order valence-electron chi connectivity index (χ4n) is 4.78. The summed E-state index contributed by atoms with van der Waals surface area (Å²) < 4.78 is 30.3. The lowest BCUT2D eigenvalue weighted by atomic mass is 10.1. The summed E-state index contributed by atoms with van der Waals surface area (Å²) >= 11 is 6.42. The minimum Gasteiger partial charge on any atom is -0.347 e. The van der Waals surface area contributed by atoms with Gasteiger partial charge in [-0.05, 0) is 61.5 Å². The molecule has 1 saturated heterocycles. The molecule has 44 heavy (non-hydrogen) atoms. The summed E-state index contributed by atoms with van der Waals surface area (Å²) in [6.07, 6.45) is 0. The van der Waals surface area contributed by atoms with E-state index in [2.05, 4.69) is 15.3 Å². The van der Waals surface area contributed by atoms with Crippen molar-refractivity contribution in [3.05, 3.63) is 122 Å². The maximum Gasteiger partial charge on any atom is 0.368 e. The summed E-state index contributed by atoms with van der Waals surface area (Å²) in [5.41, 5.74) is 3.32. The number of carbonyl (C=O) groups excluding carboxylic acids is 1. The van der Waals surface area contributed by atoms with Crippen LogP contribution < -0.4 is 20.9 Å². The minimum atomic E-state index is -4.39. The molecule has 0 aliphatic carbocycles. The van der Waals surface area contributed by atoms with Crippen LogP contribution in [0, 0.1) is 17.0 Å². The third kappa shape index (κ3) is 5.10. The van der Waals surface area contributed by atoms with Crippen LogP contribution in [0.2, 0.25) is 5.02 Å². The number of hydrogen-bond acceptors (Lipinski definition) is 10. The number of nitro groups is 1. The van der Waals surface area contributed by atoms with E-state index in [4.69, 9.17) is 16.4 Å². The molecule has 6 rings (SSSR count). The zero-order chi connectivity index (χ0) is 31.2. The first-order chi connectivity index (χ1) is 21.0. The summed E-state index contributed by atoms with van der Waals surface area (Å²) in [5, 5.41) is 11.5. The summed E-state index contributed by atoms with van der Waals surface area (Å²) in [4.78, 5) is 46.9. The van der Waals surface area contributed by atoms with Gasteiger partial charge in [-0.2, -0.15) is 0 Å². The normalized spacial score (nSPS) is 14.9. The number of hydrazine groups is 1. The molecule has 1 atom stereocenters. The van der Waals surface area contributed by atoms with E-state index >= 15 is 0 Å². The van der Waals surface area contributed by atoms with Gasteiger partial charge in [-0.15, -0.1) is 0 Å². The van der Waals surface area contributed by atoms with E-state index in [1.54, 1.807) is 48.5 Å². The van der Waals surface area contributed by atoms with Crippen molar-refractivity contribution in [1.82, 2.24) is 15.1 Å². The second-order valence-corrected chi connectivity index (χ2v) is 11.9. The standard InChI is InChI=1S/C29H21ClN6O7S/c1-17-9-13-20(14-10-17)35-28(29(38)43-33-35)44(41,42)32-18-11-15-19(16-12-18)34-26(25-22(30)6-4-8-24(25)36(39)40)31-23-7-3-2-5-21(23)27(34)37/h2-16,28,32-33H,1H3. The minimum absolute atomic E-state index is 0.00898. The van der Waals surface area contributed by atoms with Gasteiger partial charge in [0.1, 0.15) is 5.56 Å². The van der Waals surface area contributed by atoms with Crippen LogP contribution in [-0.2, 0) is 19.7 Å². The molecule has 5 aromatic rings. The van der Waals surface area contributed by atoms with Crippen LogP contribution in [0.25, 0.3) is 28.0 Å². The summed E-state index contributed by atoms with van der Waals surface area (Å²) in [6, 6.07) is 23.1. The molecule has 2 heterocycles. The molecule has 1 unspecified atom stereocenters. The Morgan fingerprint density at radius 2 is 1.64 bits per heavy atom. The van der Waals surface area contributed by atoms with Crippen molar-refractivity contribution in [2.75, 3.05) is 9.73 Å². The zero-order valence-electron chi connectivity index (χ0n) is 22.7. The van der Waals surface area contributed by atoms with Gasteiger partial charge in [0.25, 0.3) is 26.6 Å². The smallest absolute Gasteiger partial charge is 0.347 e. The molecule has 0 bridgehead atoms. The van der Waals surface area contributed by atoms with Crippen molar-refractivity contribution in [1.29, 1.82) is 0 Å². The van der Waals surface area contributed by atoms with E-state index in [0.717, 1.165) is 10.6 Å². The number of anilines is 2. The van der Waals surface area contributed by atoms with Crippen molar-refractivity contribution in [2.24, 2.45) is 0 Å². The predicted octanol–water partition coefficient (Wildman–Crippen LogP) is 4.47. The van der Waals surface area contributed by atoms with E-state index in [1.807, 2.05) is 6.92 Å². The lowest BCUT2D eigenvalue weighted by Crippen LogP contribution is -2.46. The summed E-state index contributed by atoms with van der Waals surface area (Å²) in [6.45, 7) is 1.86. The molecule has 0 amide bonds. The Bertz CT molecular complexity index is 2120. The highest BCUT2D eigenvalue weighted by Gasteiger charge is 2.46. The first kappa shape index (κ1) is 28.8. The quantitative estimate of drug-likeness (QED) is 0.193. The van der Waals surface area contributed by atoms with Gasteiger partial charge in [0.15, 0.2) is 5.82 Å². The van der Waals surface area contributed by atoms with Crippen molar-refractivity contribution in [2.45, 2.75) is 12.3 Å². The number of nitrogens with zero attached hydrogens (tertiary/aromatic N) is 4. The highest BCUT2D eigenvalue weighted by molar-refractivity contribution is 7.94. The van der Waals surface area contributed by atoms with Gasteiger partial charge >= 0.3 is 5.97 Å². The topological polar surface area (TPSA) is 166 Å². The Kier molecular flexibility index (Phi) is 7.25. The molecule has 1 aliphatic rings. The van der Waals surface area contributed by atoms with Gasteiger partial charge in [0.2, 0.25) is 0 Å². The van der Waals surface area contributed by atoms with Crippen LogP contribution in [0.3, 0.4) is 0 Å². The molecule has 15 heteroatoms. The zero-order valence-corrected chi connectivity index (χ0v) is 24.2. The molecule has 1 fully saturated rings. The first-order valence-electron chi connectivity index (χ1n) is 12.9. The predicted molar refractivity (Wildman–Crippen MR) is 164 cm³/mol. The average molecular weight is 633 g/mol. The molecule has 1 aromatic heterocycles. The van der Waals surface area contributed by atoms with Gasteiger partial charge in [0.05, 0.1) is 32.2 Å². The van der Waals surface area contributed by atoms with Crippen LogP contribution in [0.1, 0.15) is 5.56 Å². The van der Waals surface area contributed by atoms with Crippen LogP contribution in [0.4, 0.5) is 17.1 Å². The number of nitro benzene ring substituents is 1. The average Bonchev–Trinajstić information content (AvgIpc) is 3.40. The van der Waals surface area contributed by atoms with Crippen LogP contribution in [0.5, 0.6) is 0 Å². The van der Waals surface area contributed by atoms with E-state index in [9.17, 15) is 28.1 Å². The van der Waals surface area contributed by atoms with Crippen LogP contribution >= 0.6 is 11.6 Å². The fraction of sp³-hybridized carbons (Fsp3) is 0.0690. The Hall–Kier alpha value is -5.31. The number of carbonyl (C=O) groups is 1. The molecule has 4 aromatic carbocycles. The van der Waals surface area contributed by atoms with Gasteiger partial charge in [0, 0.05) is 11.8 Å². The maximum absolute atomic E-state index is 13.8. The number of aryl methyl sites for hydroxylation is 1. The third-order valence-corrected chi connectivity index (χ3v) is 8.69. The van der Waals surface area contributed by atoms with Crippen LogP contribution in [0.15, 0.2) is 95.8 Å². The molecular weight excluding hydrogens is 612 g/mol. The van der Waals surface area contributed by atoms with Crippen molar-refractivity contribution >= 4 is 55.6 Å². The molecule has 1 aliphatic heterocycles. The Labute approximate surface area is 254 Å². The highest BCUT2D eigenvalue weighted by atomic mass is 35.5. The Morgan fingerprint density at radius 3 is 2.34 bits per heavy atom. The number of hydrogen-bond donors (Lipinski definition) is 2. The van der Waals surface area contributed by atoms with E-state index in [0.29, 0.717) is 11.2 Å². The number of nitrogens with one attached hydrogen (secondary N) is 2. The fourth-order valence-corrected chi connectivity index (χ4v) is 6.36. The van der Waals surface area contributed by atoms with Gasteiger partial charge in [-0.1, -0.05) is 53.1 Å². The second kappa shape index (κ2) is 11.1. The largest absolute Gasteiger partial charge is 0.368 e. The van der Waals surface area contributed by atoms with Crippen molar-refractivity contribution in [3.8, 4) is 17.1 Å². The monoisotopic (exact) mass is 632 g/mol. The molecule has 2 N–H and O–H groups in total. The summed E-state index contributed by atoms with van der Waals surface area (Å²) in [5.74, 6) is -1.11. The molecular formula is C29H21ClN6O7S. The molecule has 0 spiro atoms. The van der Waals surface area contributed by atoms with Gasteiger partial charge in [-0.25, -0.2) is 23.2 Å². The maximum atomic E-state index is 13.8. The molecule has 222 valence electrons. The number of halogens is 1. The van der Waals surface area contributed by atoms with Crippen LogP contribution in [-0.4, -0.2) is 34.2 Å². The SMILES string of the molecule is Cc1ccc(N2NOC(=O)C2S(=O)(=O)Nc2ccc(-n3c(-c4c(Cl)cccc4[N+](=O)[O-])nc4ccccc4c3=O)cc2)cc1. The number of sulfonamides is 1. The number of para-hydroxylation sites is 1. The number of fused-ring (bicyclic) bond motifs is 1. The lowest BCUT2D eigenvalue weighted by molar-refractivity contribution is -0.384. The van der Waals surface area contributed by atoms with Crippen molar-refractivity contribution in [3.63, 3.8) is 0 Å². The summed E-state index contributed by atoms with van der Waals surface area (Å²) in [7, 11) is -4.39. The Morgan fingerprint density at radius 1 is 0.955 bits per heavy atom. The number of benzene rings is 4. The molecule has 0 saturated carbocycles. The van der Waals surface area contributed by atoms with Crippen molar-refractivity contribution < 1.29 is 23.0 Å². The number of rotatable bonds is 7.